The summed E-state index contributed by atoms with van der Waals surface area (Å²) in [6.07, 6.45) is 16.8. The largest absolute Gasteiger partial charge is 0.486 e. The van der Waals surface area contributed by atoms with Crippen LogP contribution in [0.1, 0.15) is 60.4 Å². The fourth-order valence-electron chi connectivity index (χ4n) is 5.57. The van der Waals surface area contributed by atoms with Crippen molar-refractivity contribution in [3.63, 3.8) is 0 Å². The molecule has 10 heteroatoms. The van der Waals surface area contributed by atoms with Crippen LogP contribution in [-0.2, 0) is 6.61 Å². The molecule has 3 aromatic rings. The summed E-state index contributed by atoms with van der Waals surface area (Å²) in [7, 11) is 0. The molecule has 3 N–H and O–H groups in total. The van der Waals surface area contributed by atoms with E-state index in [0.29, 0.717) is 24.5 Å². The van der Waals surface area contributed by atoms with Crippen molar-refractivity contribution in [1.29, 1.82) is 0 Å². The van der Waals surface area contributed by atoms with E-state index < -0.39 is 6.10 Å². The summed E-state index contributed by atoms with van der Waals surface area (Å²) in [6, 6.07) is 6.38. The summed E-state index contributed by atoms with van der Waals surface area (Å²) in [5.41, 5.74) is 1.91. The van der Waals surface area contributed by atoms with Crippen molar-refractivity contribution in [2.45, 2.75) is 51.2 Å². The van der Waals surface area contributed by atoms with E-state index in [0.717, 1.165) is 43.3 Å². The molecule has 2 aromatic heterocycles. The van der Waals surface area contributed by atoms with Gasteiger partial charge in [0, 0.05) is 23.6 Å². The van der Waals surface area contributed by atoms with Gasteiger partial charge in [0.1, 0.15) is 12.4 Å². The lowest BCUT2D eigenvalue weighted by Crippen LogP contribution is -2.46. The van der Waals surface area contributed by atoms with Gasteiger partial charge in [-0.3, -0.25) is 14.7 Å². The van der Waals surface area contributed by atoms with Gasteiger partial charge in [0.25, 0.3) is 17.2 Å². The van der Waals surface area contributed by atoms with E-state index in [1.54, 1.807) is 18.2 Å². The van der Waals surface area contributed by atoms with E-state index in [1.807, 2.05) is 24.3 Å². The highest BCUT2D eigenvalue weighted by atomic mass is 35.5. The van der Waals surface area contributed by atoms with Crippen molar-refractivity contribution in [2.75, 3.05) is 6.54 Å². The first-order valence-corrected chi connectivity index (χ1v) is 13.9. The van der Waals surface area contributed by atoms with Gasteiger partial charge in [-0.15, -0.1) is 0 Å². The van der Waals surface area contributed by atoms with Crippen molar-refractivity contribution >= 4 is 28.9 Å². The zero-order valence-electron chi connectivity index (χ0n) is 21.9. The number of carbonyl (C=O) groups excluding carboxylic acids is 1. The lowest BCUT2D eigenvalue weighted by Gasteiger charge is -2.46. The Morgan fingerprint density at radius 2 is 2.12 bits per heavy atom. The van der Waals surface area contributed by atoms with Crippen molar-refractivity contribution in [2.24, 2.45) is 5.41 Å². The van der Waals surface area contributed by atoms with Gasteiger partial charge >= 0.3 is 0 Å². The van der Waals surface area contributed by atoms with Crippen LogP contribution in [-0.4, -0.2) is 43.2 Å². The van der Waals surface area contributed by atoms with Crippen molar-refractivity contribution in [3.05, 3.63) is 98.8 Å². The Hall–Kier alpha value is -3.95. The van der Waals surface area contributed by atoms with E-state index >= 15 is 0 Å². The molecule has 1 aromatic carbocycles. The second kappa shape index (κ2) is 10.9. The first-order chi connectivity index (χ1) is 19.4. The summed E-state index contributed by atoms with van der Waals surface area (Å²) >= 11 is 6.46. The number of rotatable bonds is 8. The van der Waals surface area contributed by atoms with Gasteiger partial charge in [-0.05, 0) is 49.8 Å². The molecule has 2 heterocycles. The minimum atomic E-state index is -0.531. The molecule has 206 valence electrons. The van der Waals surface area contributed by atoms with Crippen LogP contribution in [0.5, 0.6) is 5.75 Å². The molecule has 1 fully saturated rings. The number of hydrogen-bond acceptors (Lipinski definition) is 6. The predicted octanol–water partition coefficient (Wildman–Crippen LogP) is 4.53. The Morgan fingerprint density at radius 1 is 1.25 bits per heavy atom. The molecule has 1 unspecified atom stereocenters. The number of carbonyl (C=O) groups is 1. The highest BCUT2D eigenvalue weighted by Gasteiger charge is 2.43. The molecule has 0 radical (unpaired) electrons. The smallest absolute Gasteiger partial charge is 0.274 e. The third-order valence-corrected chi connectivity index (χ3v) is 8.19. The van der Waals surface area contributed by atoms with Gasteiger partial charge in [0.05, 0.1) is 22.4 Å². The van der Waals surface area contributed by atoms with Gasteiger partial charge in [0.2, 0.25) is 0 Å². The lowest BCUT2D eigenvalue weighted by atomic mass is 9.61. The monoisotopic (exact) mass is 559 g/mol. The Balaban J connectivity index is 1.19. The Labute approximate surface area is 235 Å². The molecule has 0 saturated heterocycles. The molecule has 9 nitrogen and oxygen atoms in total. The average Bonchev–Trinajstić information content (AvgIpc) is 3.38. The molecule has 3 aliphatic carbocycles. The Bertz CT molecular complexity index is 1640. The molecule has 1 amide bonds. The van der Waals surface area contributed by atoms with Crippen molar-refractivity contribution in [3.8, 4) is 5.75 Å². The van der Waals surface area contributed by atoms with Crippen LogP contribution < -0.4 is 15.6 Å². The van der Waals surface area contributed by atoms with Crippen LogP contribution in [0, 0.1) is 5.41 Å². The van der Waals surface area contributed by atoms with Crippen LogP contribution in [0.3, 0.4) is 0 Å². The fraction of sp³-hybridized carbons (Fsp3) is 0.333. The van der Waals surface area contributed by atoms with Gasteiger partial charge in [-0.1, -0.05) is 60.5 Å². The Kier molecular flexibility index (Phi) is 7.16. The molecular weight excluding hydrogens is 530 g/mol. The van der Waals surface area contributed by atoms with E-state index in [2.05, 4.69) is 32.5 Å². The predicted molar refractivity (Wildman–Crippen MR) is 152 cm³/mol. The number of aromatic amines is 1. The van der Waals surface area contributed by atoms with Crippen LogP contribution in [0.4, 0.5) is 0 Å². The lowest BCUT2D eigenvalue weighted by molar-refractivity contribution is 0.0849. The summed E-state index contributed by atoms with van der Waals surface area (Å²) in [4.78, 5) is 35.1. The van der Waals surface area contributed by atoms with Crippen LogP contribution in [0.25, 0.3) is 11.4 Å². The van der Waals surface area contributed by atoms with E-state index in [-0.39, 0.29) is 45.6 Å². The number of aliphatic hydroxyl groups is 1. The number of hydrogen-bond donors (Lipinski definition) is 3. The van der Waals surface area contributed by atoms with Crippen molar-refractivity contribution in [1.82, 2.24) is 24.9 Å². The molecule has 0 aliphatic heterocycles. The maximum Gasteiger partial charge on any atom is 0.274 e. The van der Waals surface area contributed by atoms with Gasteiger partial charge < -0.3 is 15.2 Å². The third-order valence-electron chi connectivity index (χ3n) is 7.87. The maximum absolute atomic E-state index is 13.4. The molecular formula is C30H30ClN5O4. The Morgan fingerprint density at radius 3 is 2.88 bits per heavy atom. The van der Waals surface area contributed by atoms with E-state index in [4.69, 9.17) is 16.3 Å². The number of aromatic nitrogens is 4. The summed E-state index contributed by atoms with van der Waals surface area (Å²) in [6.45, 7) is 0.349. The number of benzene rings is 1. The van der Waals surface area contributed by atoms with Gasteiger partial charge in [-0.25, -0.2) is 4.98 Å². The highest BCUT2D eigenvalue weighted by Crippen LogP contribution is 2.49. The summed E-state index contributed by atoms with van der Waals surface area (Å²) < 4.78 is 7.28. The number of nitrogens with one attached hydrogen (secondary N) is 2. The second-order valence-corrected chi connectivity index (χ2v) is 10.9. The quantitative estimate of drug-likeness (QED) is 0.373. The molecule has 0 spiro atoms. The molecule has 1 atom stereocenters. The fourth-order valence-corrected chi connectivity index (χ4v) is 5.82. The first kappa shape index (κ1) is 26.3. The number of nitrogens with zero attached hydrogens (tertiary/aromatic N) is 3. The number of allylic oxidation sites excluding steroid dienone is 6. The number of ether oxygens (including phenoxy) is 1. The SMILES string of the molecule is O=C(NCC1(C2=CC=CCC2O)CCC1)c1c(Cl)cccc1OCc1cc(=O)n2[nH]c(C3=CCCC=C3)nc2n1. The number of fused-ring (bicyclic) bond motifs is 1. The maximum atomic E-state index is 13.4. The van der Waals surface area contributed by atoms with Crippen LogP contribution in [0.2, 0.25) is 5.02 Å². The number of amides is 1. The number of H-pyrrole nitrogens is 1. The number of aliphatic hydroxyl groups excluding tert-OH is 1. The number of halogens is 1. The molecule has 3 aliphatic rings. The van der Waals surface area contributed by atoms with Crippen LogP contribution >= 0.6 is 11.6 Å². The van der Waals surface area contributed by atoms with Gasteiger partial charge in [0.15, 0.2) is 5.82 Å². The first-order valence-electron chi connectivity index (χ1n) is 13.5. The standard InChI is InChI=1S/C30H30ClN5O4/c31-22-11-6-13-24(26(22)28(39)32-18-30(14-7-15-30)21-10-4-5-12-23(21)37)40-17-20-16-25(38)36-29(33-20)34-27(35-36)19-8-2-1-3-9-19/h2,4-6,8-11,13,16,23,37H,1,3,7,12,14-15,17-18H2,(H,32,39)(H,33,34,35). The summed E-state index contributed by atoms with van der Waals surface area (Å²) in [5.74, 6) is 0.742. The van der Waals surface area contributed by atoms with Gasteiger partial charge in [-0.2, -0.15) is 9.50 Å². The zero-order chi connectivity index (χ0) is 27.7. The normalized spacial score (nSPS) is 19.6. The second-order valence-electron chi connectivity index (χ2n) is 10.5. The van der Waals surface area contributed by atoms with E-state index in [1.165, 1.54) is 10.6 Å². The highest BCUT2D eigenvalue weighted by molar-refractivity contribution is 6.34. The zero-order valence-corrected chi connectivity index (χ0v) is 22.7. The van der Waals surface area contributed by atoms with E-state index in [9.17, 15) is 14.7 Å². The molecule has 40 heavy (non-hydrogen) atoms. The minimum Gasteiger partial charge on any atom is -0.486 e. The third kappa shape index (κ3) is 5.02. The topological polar surface area (TPSA) is 122 Å². The molecule has 6 rings (SSSR count). The minimum absolute atomic E-state index is 0.0491. The molecule has 1 saturated carbocycles. The average molecular weight is 560 g/mol. The summed E-state index contributed by atoms with van der Waals surface area (Å²) in [5, 5.41) is 16.9. The van der Waals surface area contributed by atoms with Crippen molar-refractivity contribution < 1.29 is 14.6 Å². The van der Waals surface area contributed by atoms with Crippen LogP contribution in [0.15, 0.2) is 71.1 Å². The molecule has 0 bridgehead atoms.